The number of aromatic nitrogens is 2. The van der Waals surface area contributed by atoms with Crippen LogP contribution >= 0.6 is 15.9 Å². The highest BCUT2D eigenvalue weighted by Gasteiger charge is 2.37. The van der Waals surface area contributed by atoms with Crippen LogP contribution in [-0.2, 0) is 17.8 Å². The van der Waals surface area contributed by atoms with Crippen LogP contribution in [0.1, 0.15) is 30.7 Å². The van der Waals surface area contributed by atoms with Gasteiger partial charge < -0.3 is 10.0 Å². The number of amides is 1. The minimum Gasteiger partial charge on any atom is -0.396 e. The van der Waals surface area contributed by atoms with Gasteiger partial charge in [0.25, 0.3) is 5.56 Å². The van der Waals surface area contributed by atoms with Crippen LogP contribution in [0.4, 0.5) is 5.69 Å². The molecule has 1 aliphatic heterocycles. The van der Waals surface area contributed by atoms with E-state index in [2.05, 4.69) is 15.9 Å². The van der Waals surface area contributed by atoms with Gasteiger partial charge in [-0.25, -0.2) is 4.98 Å². The number of carbonyl (C=O) groups excluding carboxylic acids is 1. The Hall–Kier alpha value is -2.51. The monoisotopic (exact) mass is 455 g/mol. The van der Waals surface area contributed by atoms with E-state index in [-0.39, 0.29) is 18.1 Å². The zero-order valence-corrected chi connectivity index (χ0v) is 17.7. The van der Waals surface area contributed by atoms with Crippen molar-refractivity contribution in [2.45, 2.75) is 32.2 Å². The molecule has 0 unspecified atom stereocenters. The van der Waals surface area contributed by atoms with Gasteiger partial charge in [-0.05, 0) is 49.2 Å². The molecule has 150 valence electrons. The number of para-hydroxylation sites is 1. The maximum atomic E-state index is 13.1. The molecule has 0 saturated carbocycles. The van der Waals surface area contributed by atoms with E-state index in [1.807, 2.05) is 43.3 Å². The van der Waals surface area contributed by atoms with Crippen LogP contribution in [0, 0.1) is 0 Å². The standard InChI is InChI=1S/C22H22BrN3O3/c1-2-25-19-9-8-14(23)12-16(19)17(22(25)29)13-20-24-18-7-4-3-6-15(18)21(28)26(20)10-5-11-27/h3-4,6-9,12,17,27H,2,5,10-11,13H2,1H3/t17-/m0/s1. The highest BCUT2D eigenvalue weighted by molar-refractivity contribution is 9.10. The first kappa shape index (κ1) is 19.8. The summed E-state index contributed by atoms with van der Waals surface area (Å²) in [5, 5.41) is 9.82. The lowest BCUT2D eigenvalue weighted by Gasteiger charge is -2.17. The van der Waals surface area contributed by atoms with Gasteiger partial charge in [-0.1, -0.05) is 28.1 Å². The first-order valence-corrected chi connectivity index (χ1v) is 10.5. The highest BCUT2D eigenvalue weighted by atomic mass is 79.9. The molecule has 3 aromatic rings. The number of halogens is 1. The number of fused-ring (bicyclic) bond motifs is 2. The third-order valence-electron chi connectivity index (χ3n) is 5.40. The van der Waals surface area contributed by atoms with Gasteiger partial charge >= 0.3 is 0 Å². The fourth-order valence-corrected chi connectivity index (χ4v) is 4.40. The second-order valence-corrected chi connectivity index (χ2v) is 8.04. The maximum absolute atomic E-state index is 13.1. The smallest absolute Gasteiger partial charge is 0.261 e. The first-order valence-electron chi connectivity index (χ1n) is 9.75. The summed E-state index contributed by atoms with van der Waals surface area (Å²) in [6.45, 7) is 2.90. The van der Waals surface area contributed by atoms with Gasteiger partial charge in [0.1, 0.15) is 5.82 Å². The number of hydrogen-bond acceptors (Lipinski definition) is 4. The van der Waals surface area contributed by atoms with Crippen molar-refractivity contribution in [1.29, 1.82) is 0 Å². The Kier molecular flexibility index (Phi) is 5.52. The molecule has 1 amide bonds. The van der Waals surface area contributed by atoms with Crippen molar-refractivity contribution in [2.24, 2.45) is 0 Å². The van der Waals surface area contributed by atoms with E-state index in [9.17, 15) is 14.7 Å². The molecule has 2 heterocycles. The van der Waals surface area contributed by atoms with Gasteiger partial charge in [0.2, 0.25) is 5.91 Å². The Labute approximate surface area is 176 Å². The van der Waals surface area contributed by atoms with Crippen LogP contribution in [0.2, 0.25) is 0 Å². The molecule has 0 fully saturated rings. The second-order valence-electron chi connectivity index (χ2n) is 7.12. The lowest BCUT2D eigenvalue weighted by Crippen LogP contribution is -2.31. The molecular formula is C22H22BrN3O3. The SMILES string of the molecule is CCN1C(=O)[C@@H](Cc2nc3ccccc3c(=O)n2CCCO)c2cc(Br)ccc21. The number of hydrogen-bond donors (Lipinski definition) is 1. The zero-order chi connectivity index (χ0) is 20.5. The van der Waals surface area contributed by atoms with E-state index < -0.39 is 5.92 Å². The van der Waals surface area contributed by atoms with E-state index in [0.717, 1.165) is 15.7 Å². The molecule has 0 bridgehead atoms. The average Bonchev–Trinajstić information content (AvgIpc) is 2.98. The summed E-state index contributed by atoms with van der Waals surface area (Å²) < 4.78 is 2.52. The van der Waals surface area contributed by atoms with E-state index in [1.54, 1.807) is 15.5 Å². The molecule has 6 nitrogen and oxygen atoms in total. The molecule has 1 aliphatic rings. The van der Waals surface area contributed by atoms with Crippen molar-refractivity contribution >= 4 is 38.4 Å². The summed E-state index contributed by atoms with van der Waals surface area (Å²) >= 11 is 3.50. The number of likely N-dealkylation sites (N-methyl/N-ethyl adjacent to an activating group) is 1. The van der Waals surface area contributed by atoms with Gasteiger partial charge in [-0.3, -0.25) is 14.2 Å². The van der Waals surface area contributed by atoms with Crippen molar-refractivity contribution in [3.8, 4) is 0 Å². The summed E-state index contributed by atoms with van der Waals surface area (Å²) in [6, 6.07) is 13.1. The number of aliphatic hydroxyl groups excluding tert-OH is 1. The lowest BCUT2D eigenvalue weighted by molar-refractivity contribution is -0.119. The largest absolute Gasteiger partial charge is 0.396 e. The van der Waals surface area contributed by atoms with Gasteiger partial charge in [-0.15, -0.1) is 0 Å². The van der Waals surface area contributed by atoms with Crippen LogP contribution in [0.5, 0.6) is 0 Å². The molecule has 7 heteroatoms. The lowest BCUT2D eigenvalue weighted by atomic mass is 9.96. The van der Waals surface area contributed by atoms with Crippen LogP contribution in [0.15, 0.2) is 51.7 Å². The molecule has 0 saturated heterocycles. The molecule has 0 spiro atoms. The predicted molar refractivity (Wildman–Crippen MR) is 116 cm³/mol. The van der Waals surface area contributed by atoms with Gasteiger partial charge in [0, 0.05) is 36.3 Å². The number of nitrogens with zero attached hydrogens (tertiary/aromatic N) is 3. The fourth-order valence-electron chi connectivity index (χ4n) is 4.03. The fraction of sp³-hybridized carbons (Fsp3) is 0.318. The molecule has 2 aromatic carbocycles. The second kappa shape index (κ2) is 8.08. The third kappa shape index (κ3) is 3.49. The Balaban J connectivity index is 1.82. The van der Waals surface area contributed by atoms with Crippen LogP contribution in [-0.4, -0.2) is 33.7 Å². The van der Waals surface area contributed by atoms with Gasteiger partial charge in [-0.2, -0.15) is 0 Å². The van der Waals surface area contributed by atoms with Crippen molar-refractivity contribution in [2.75, 3.05) is 18.1 Å². The third-order valence-corrected chi connectivity index (χ3v) is 5.90. The quantitative estimate of drug-likeness (QED) is 0.618. The molecule has 1 atom stereocenters. The Morgan fingerprint density at radius 2 is 1.97 bits per heavy atom. The molecule has 4 rings (SSSR count). The van der Waals surface area contributed by atoms with Crippen molar-refractivity contribution < 1.29 is 9.90 Å². The number of benzene rings is 2. The first-order chi connectivity index (χ1) is 14.0. The minimum atomic E-state index is -0.393. The van der Waals surface area contributed by atoms with Crippen molar-refractivity contribution in [3.63, 3.8) is 0 Å². The van der Waals surface area contributed by atoms with Crippen LogP contribution < -0.4 is 10.5 Å². The number of carbonyl (C=O) groups is 1. The summed E-state index contributed by atoms with van der Waals surface area (Å²) in [6.07, 6.45) is 0.791. The number of anilines is 1. The zero-order valence-electron chi connectivity index (χ0n) is 16.1. The summed E-state index contributed by atoms with van der Waals surface area (Å²) in [4.78, 5) is 32.7. The Bertz CT molecular complexity index is 1140. The normalized spacial score (nSPS) is 15.9. The van der Waals surface area contributed by atoms with Gasteiger partial charge in [0.15, 0.2) is 0 Å². The van der Waals surface area contributed by atoms with E-state index in [4.69, 9.17) is 4.98 Å². The molecular weight excluding hydrogens is 434 g/mol. The van der Waals surface area contributed by atoms with Crippen LogP contribution in [0.3, 0.4) is 0 Å². The van der Waals surface area contributed by atoms with Gasteiger partial charge in [0.05, 0.1) is 16.8 Å². The van der Waals surface area contributed by atoms with Crippen molar-refractivity contribution in [1.82, 2.24) is 9.55 Å². The minimum absolute atomic E-state index is 0.0134. The topological polar surface area (TPSA) is 75.4 Å². The summed E-state index contributed by atoms with van der Waals surface area (Å²) in [5.74, 6) is 0.206. The predicted octanol–water partition coefficient (Wildman–Crippen LogP) is 3.23. The van der Waals surface area contributed by atoms with E-state index in [1.165, 1.54) is 0 Å². The molecule has 1 aromatic heterocycles. The van der Waals surface area contributed by atoms with E-state index in [0.29, 0.717) is 42.7 Å². The maximum Gasteiger partial charge on any atom is 0.261 e. The highest BCUT2D eigenvalue weighted by Crippen LogP contribution is 2.40. The van der Waals surface area contributed by atoms with E-state index >= 15 is 0 Å². The Morgan fingerprint density at radius 3 is 2.72 bits per heavy atom. The summed E-state index contributed by atoms with van der Waals surface area (Å²) in [7, 11) is 0. The Morgan fingerprint density at radius 1 is 1.17 bits per heavy atom. The molecule has 0 aliphatic carbocycles. The summed E-state index contributed by atoms with van der Waals surface area (Å²) in [5.41, 5.74) is 2.35. The molecule has 0 radical (unpaired) electrons. The van der Waals surface area contributed by atoms with Crippen molar-refractivity contribution in [3.05, 3.63) is 68.7 Å². The molecule has 1 N–H and O–H groups in total. The van der Waals surface area contributed by atoms with Crippen LogP contribution in [0.25, 0.3) is 10.9 Å². The average molecular weight is 456 g/mol. The molecule has 29 heavy (non-hydrogen) atoms. The number of rotatable bonds is 6. The number of aliphatic hydroxyl groups is 1.